The van der Waals surface area contributed by atoms with E-state index >= 15 is 0 Å². The van der Waals surface area contributed by atoms with E-state index in [0.29, 0.717) is 18.7 Å². The molecule has 0 N–H and O–H groups in total. The minimum absolute atomic E-state index is 0.0674. The van der Waals surface area contributed by atoms with Crippen molar-refractivity contribution in [2.45, 2.75) is 24.8 Å². The van der Waals surface area contributed by atoms with Crippen molar-refractivity contribution in [3.8, 4) is 0 Å². The maximum Gasteiger partial charge on any atom is 0.243 e. The van der Waals surface area contributed by atoms with Crippen molar-refractivity contribution in [1.29, 1.82) is 0 Å². The molecule has 1 aliphatic rings. The number of sulfonamides is 1. The fraction of sp³-hybridized carbons (Fsp3) is 0.500. The highest BCUT2D eigenvalue weighted by Gasteiger charge is 2.30. The van der Waals surface area contributed by atoms with Gasteiger partial charge in [0.1, 0.15) is 0 Å². The zero-order chi connectivity index (χ0) is 14.9. The van der Waals surface area contributed by atoms with E-state index in [4.69, 9.17) is 0 Å². The van der Waals surface area contributed by atoms with Gasteiger partial charge in [-0.25, -0.2) is 8.42 Å². The summed E-state index contributed by atoms with van der Waals surface area (Å²) in [5.74, 6) is -0.0674. The largest absolute Gasteiger partial charge is 0.301 e. The van der Waals surface area contributed by atoms with Gasteiger partial charge in [0.25, 0.3) is 0 Å². The monoisotopic (exact) mass is 296 g/mol. The maximum atomic E-state index is 12.5. The number of hydrogen-bond donors (Lipinski definition) is 0. The van der Waals surface area contributed by atoms with E-state index in [-0.39, 0.29) is 16.7 Å². The minimum Gasteiger partial charge on any atom is -0.301 e. The van der Waals surface area contributed by atoms with Gasteiger partial charge in [0.15, 0.2) is 5.78 Å². The van der Waals surface area contributed by atoms with E-state index in [1.165, 1.54) is 23.4 Å². The van der Waals surface area contributed by atoms with Crippen molar-refractivity contribution in [2.75, 3.05) is 26.7 Å². The second-order valence-corrected chi connectivity index (χ2v) is 7.21. The summed E-state index contributed by atoms with van der Waals surface area (Å²) in [7, 11) is -1.47. The molecule has 1 aliphatic heterocycles. The van der Waals surface area contributed by atoms with E-state index < -0.39 is 10.0 Å². The van der Waals surface area contributed by atoms with Crippen molar-refractivity contribution < 1.29 is 13.2 Å². The molecular weight excluding hydrogens is 276 g/mol. The Morgan fingerprint density at radius 3 is 2.30 bits per heavy atom. The molecule has 1 aromatic carbocycles. The molecular formula is C14H20N2O3S. The predicted molar refractivity (Wildman–Crippen MR) is 77.3 cm³/mol. The summed E-state index contributed by atoms with van der Waals surface area (Å²) in [6, 6.07) is 6.35. The third kappa shape index (κ3) is 2.92. The number of benzene rings is 1. The summed E-state index contributed by atoms with van der Waals surface area (Å²) in [5, 5.41) is 0. The van der Waals surface area contributed by atoms with E-state index in [2.05, 4.69) is 4.90 Å². The van der Waals surface area contributed by atoms with Crippen LogP contribution in [0, 0.1) is 0 Å². The van der Waals surface area contributed by atoms with Crippen LogP contribution in [0.4, 0.5) is 0 Å². The van der Waals surface area contributed by atoms with Crippen molar-refractivity contribution in [1.82, 2.24) is 9.21 Å². The van der Waals surface area contributed by atoms with Gasteiger partial charge < -0.3 is 4.90 Å². The molecule has 5 nitrogen and oxygen atoms in total. The topological polar surface area (TPSA) is 57.7 Å². The average molecular weight is 296 g/mol. The van der Waals surface area contributed by atoms with Crippen molar-refractivity contribution >= 4 is 15.8 Å². The minimum atomic E-state index is -3.47. The Morgan fingerprint density at radius 1 is 1.20 bits per heavy atom. The number of carbonyl (C=O) groups excluding carboxylic acids is 1. The molecule has 1 fully saturated rings. The fourth-order valence-corrected chi connectivity index (χ4v) is 3.76. The van der Waals surface area contributed by atoms with Crippen molar-refractivity contribution in [3.63, 3.8) is 0 Å². The van der Waals surface area contributed by atoms with Gasteiger partial charge in [-0.2, -0.15) is 4.31 Å². The summed E-state index contributed by atoms with van der Waals surface area (Å²) in [6.45, 7) is 5.20. The summed E-state index contributed by atoms with van der Waals surface area (Å²) in [5.41, 5.74) is 0.524. The summed E-state index contributed by atoms with van der Waals surface area (Å²) in [6.07, 6.45) is 0. The zero-order valence-electron chi connectivity index (χ0n) is 12.0. The van der Waals surface area contributed by atoms with Gasteiger partial charge in [0, 0.05) is 31.2 Å². The number of carbonyl (C=O) groups is 1. The predicted octanol–water partition coefficient (Wildman–Crippen LogP) is 1.21. The van der Waals surface area contributed by atoms with Crippen LogP contribution >= 0.6 is 0 Å². The number of piperazine rings is 1. The number of rotatable bonds is 3. The smallest absolute Gasteiger partial charge is 0.243 e. The fourth-order valence-electron chi connectivity index (χ4n) is 2.24. The van der Waals surface area contributed by atoms with Crippen LogP contribution in [0.3, 0.4) is 0 Å². The SMILES string of the molecule is CC(=O)c1ccc(S(=O)(=O)N2CCN(C)C(C)C2)cc1. The molecule has 0 aromatic heterocycles. The van der Waals surface area contributed by atoms with Gasteiger partial charge in [-0.1, -0.05) is 12.1 Å². The molecule has 0 radical (unpaired) electrons. The average Bonchev–Trinajstić information content (AvgIpc) is 2.41. The van der Waals surface area contributed by atoms with Crippen LogP contribution in [-0.4, -0.2) is 56.1 Å². The lowest BCUT2D eigenvalue weighted by atomic mass is 10.2. The molecule has 0 aliphatic carbocycles. The Balaban J connectivity index is 2.24. The molecule has 0 spiro atoms. The number of Topliss-reactive ketones (excluding diaryl/α,β-unsaturated/α-hetero) is 1. The molecule has 20 heavy (non-hydrogen) atoms. The first-order valence-corrected chi connectivity index (χ1v) is 8.08. The summed E-state index contributed by atoms with van der Waals surface area (Å²) in [4.78, 5) is 13.6. The van der Waals surface area contributed by atoms with Gasteiger partial charge in [0.2, 0.25) is 10.0 Å². The highest BCUT2D eigenvalue weighted by molar-refractivity contribution is 7.89. The van der Waals surface area contributed by atoms with Crippen LogP contribution in [0.1, 0.15) is 24.2 Å². The number of hydrogen-bond acceptors (Lipinski definition) is 4. The standard InChI is InChI=1S/C14H20N2O3S/c1-11-10-16(9-8-15(11)3)20(18,19)14-6-4-13(5-7-14)12(2)17/h4-7,11H,8-10H2,1-3H3. The van der Waals surface area contributed by atoms with Crippen LogP contribution in [0.2, 0.25) is 0 Å². The van der Waals surface area contributed by atoms with Crippen molar-refractivity contribution in [2.24, 2.45) is 0 Å². The second-order valence-electron chi connectivity index (χ2n) is 5.27. The summed E-state index contributed by atoms with van der Waals surface area (Å²) >= 11 is 0. The van der Waals surface area contributed by atoms with E-state index in [0.717, 1.165) is 6.54 Å². The first-order chi connectivity index (χ1) is 9.32. The Bertz CT molecular complexity index is 595. The van der Waals surface area contributed by atoms with Crippen LogP contribution in [0.15, 0.2) is 29.2 Å². The van der Waals surface area contributed by atoms with E-state index in [1.54, 1.807) is 12.1 Å². The molecule has 0 saturated carbocycles. The quantitative estimate of drug-likeness (QED) is 0.787. The Morgan fingerprint density at radius 2 is 1.80 bits per heavy atom. The van der Waals surface area contributed by atoms with Crippen LogP contribution in [0.25, 0.3) is 0 Å². The zero-order valence-corrected chi connectivity index (χ0v) is 12.9. The van der Waals surface area contributed by atoms with Gasteiger partial charge in [-0.3, -0.25) is 4.79 Å². The molecule has 6 heteroatoms. The molecule has 1 atom stereocenters. The molecule has 2 rings (SSSR count). The van der Waals surface area contributed by atoms with Gasteiger partial charge in [-0.05, 0) is 33.0 Å². The van der Waals surface area contributed by atoms with Crippen LogP contribution in [0.5, 0.6) is 0 Å². The van der Waals surface area contributed by atoms with Gasteiger partial charge in [0.05, 0.1) is 4.90 Å². The molecule has 1 aromatic rings. The Hall–Kier alpha value is -1.24. The van der Waals surface area contributed by atoms with Crippen LogP contribution in [-0.2, 0) is 10.0 Å². The molecule has 0 bridgehead atoms. The number of likely N-dealkylation sites (N-methyl/N-ethyl adjacent to an activating group) is 1. The molecule has 110 valence electrons. The summed E-state index contributed by atoms with van der Waals surface area (Å²) < 4.78 is 26.6. The normalized spacial score (nSPS) is 21.9. The lowest BCUT2D eigenvalue weighted by Gasteiger charge is -2.36. The third-order valence-electron chi connectivity index (χ3n) is 3.82. The lowest BCUT2D eigenvalue weighted by molar-refractivity contribution is 0.101. The first kappa shape index (κ1) is 15.2. The van der Waals surface area contributed by atoms with Crippen LogP contribution < -0.4 is 0 Å². The van der Waals surface area contributed by atoms with Gasteiger partial charge in [-0.15, -0.1) is 0 Å². The number of ketones is 1. The highest BCUT2D eigenvalue weighted by Crippen LogP contribution is 2.20. The Labute approximate surface area is 120 Å². The third-order valence-corrected chi connectivity index (χ3v) is 5.70. The molecule has 1 unspecified atom stereocenters. The van der Waals surface area contributed by atoms with E-state index in [9.17, 15) is 13.2 Å². The molecule has 0 amide bonds. The second kappa shape index (κ2) is 5.63. The number of nitrogens with zero attached hydrogens (tertiary/aromatic N) is 2. The molecule has 1 saturated heterocycles. The van der Waals surface area contributed by atoms with Gasteiger partial charge >= 0.3 is 0 Å². The lowest BCUT2D eigenvalue weighted by Crippen LogP contribution is -2.51. The first-order valence-electron chi connectivity index (χ1n) is 6.64. The maximum absolute atomic E-state index is 12.5. The van der Waals surface area contributed by atoms with E-state index in [1.807, 2.05) is 14.0 Å². The molecule has 1 heterocycles. The van der Waals surface area contributed by atoms with Crippen molar-refractivity contribution in [3.05, 3.63) is 29.8 Å². The Kier molecular flexibility index (Phi) is 4.27. The highest BCUT2D eigenvalue weighted by atomic mass is 32.2.